The van der Waals surface area contributed by atoms with Crippen LogP contribution < -0.4 is 30.2 Å². The summed E-state index contributed by atoms with van der Waals surface area (Å²) < 4.78 is 69.0. The fourth-order valence-electron chi connectivity index (χ4n) is 4.52. The summed E-state index contributed by atoms with van der Waals surface area (Å²) in [6.45, 7) is 12.3. The summed E-state index contributed by atoms with van der Waals surface area (Å²) in [5.74, 6) is -1.80. The van der Waals surface area contributed by atoms with Crippen LogP contribution in [0.1, 0.15) is 71.3 Å². The first-order valence-corrected chi connectivity index (χ1v) is 16.0. The first-order valence-electron chi connectivity index (χ1n) is 16.0. The third-order valence-electron chi connectivity index (χ3n) is 6.48. The van der Waals surface area contributed by atoms with E-state index >= 15 is 0 Å². The lowest BCUT2D eigenvalue weighted by atomic mass is 10.1. The molecule has 50 heavy (non-hydrogen) atoms. The maximum Gasteiger partial charge on any atom is 0.490 e. The van der Waals surface area contributed by atoms with Crippen molar-refractivity contribution in [3.8, 4) is 17.2 Å². The lowest BCUT2D eigenvalue weighted by Gasteiger charge is -2.30. The molecule has 0 radical (unpaired) electrons. The molecule has 0 fully saturated rings. The minimum atomic E-state index is -5.30. The average Bonchev–Trinajstić information content (AvgIpc) is 3.01. The number of benzene rings is 3. The zero-order valence-corrected chi connectivity index (χ0v) is 29.1. The Hall–Kier alpha value is -4.98. The number of carbonyl (C=O) groups is 3. The van der Waals surface area contributed by atoms with Gasteiger partial charge in [0.2, 0.25) is 5.91 Å². The summed E-state index contributed by atoms with van der Waals surface area (Å²) in [5, 5.41) is 8.19. The van der Waals surface area contributed by atoms with E-state index in [-0.39, 0.29) is 37.5 Å². The van der Waals surface area contributed by atoms with Crippen molar-refractivity contribution in [2.75, 3.05) is 11.9 Å². The van der Waals surface area contributed by atoms with Gasteiger partial charge < -0.3 is 34.3 Å². The van der Waals surface area contributed by atoms with Gasteiger partial charge in [-0.15, -0.1) is 0 Å². The van der Waals surface area contributed by atoms with Gasteiger partial charge >= 0.3 is 18.2 Å². The fraction of sp³-hybridized carbons (Fsp3) is 0.417. The number of ether oxygens (including phenoxy) is 5. The molecule has 3 rings (SSSR count). The second-order valence-electron chi connectivity index (χ2n) is 12.4. The smallest absolute Gasteiger partial charge is 0.490 e. The largest absolute Gasteiger partial charge is 0.490 e. The Bertz CT molecular complexity index is 1590. The van der Waals surface area contributed by atoms with E-state index in [0.717, 1.165) is 0 Å². The van der Waals surface area contributed by atoms with Crippen LogP contribution >= 0.6 is 0 Å². The van der Waals surface area contributed by atoms with Gasteiger partial charge in [-0.2, -0.15) is 13.2 Å². The van der Waals surface area contributed by atoms with Crippen LogP contribution in [0.25, 0.3) is 0 Å². The maximum atomic E-state index is 13.6. The van der Waals surface area contributed by atoms with Crippen molar-refractivity contribution in [1.29, 1.82) is 0 Å². The van der Waals surface area contributed by atoms with Crippen molar-refractivity contribution >= 4 is 23.7 Å². The summed E-state index contributed by atoms with van der Waals surface area (Å²) in [6, 6.07) is 17.8. The number of alkyl carbamates (subject to hydrolysis) is 1. The van der Waals surface area contributed by atoms with E-state index in [0.29, 0.717) is 33.9 Å². The number of rotatable bonds is 15. The number of hydrogen-bond acceptors (Lipinski definition) is 9. The molecule has 0 aromatic heterocycles. The average molecular weight is 704 g/mol. The molecule has 3 N–H and O–H groups in total. The molecule has 272 valence electrons. The summed E-state index contributed by atoms with van der Waals surface area (Å²) in [5.41, 5.74) is 1.36. The second-order valence-corrected chi connectivity index (χ2v) is 12.4. The monoisotopic (exact) mass is 703 g/mol. The lowest BCUT2D eigenvalue weighted by Crippen LogP contribution is -2.43. The topological polar surface area (TPSA) is 133 Å². The Labute approximate surface area is 289 Å². The number of hydrogen-bond donors (Lipinski definition) is 3. The van der Waals surface area contributed by atoms with Crippen molar-refractivity contribution in [3.05, 3.63) is 83.4 Å². The first-order chi connectivity index (χ1) is 23.4. The van der Waals surface area contributed by atoms with Crippen molar-refractivity contribution in [2.24, 2.45) is 0 Å². The van der Waals surface area contributed by atoms with Crippen LogP contribution in [0, 0.1) is 0 Å². The van der Waals surface area contributed by atoms with Crippen LogP contribution in [0.3, 0.4) is 0 Å². The fourth-order valence-corrected chi connectivity index (χ4v) is 4.52. The van der Waals surface area contributed by atoms with Gasteiger partial charge in [0.1, 0.15) is 11.4 Å². The molecule has 0 saturated carbocycles. The van der Waals surface area contributed by atoms with E-state index in [1.807, 2.05) is 13.8 Å². The highest BCUT2D eigenvalue weighted by atomic mass is 19.4. The van der Waals surface area contributed by atoms with Crippen LogP contribution in [0.5, 0.6) is 17.2 Å². The minimum Gasteiger partial charge on any atom is -0.490 e. The zero-order valence-electron chi connectivity index (χ0n) is 29.1. The van der Waals surface area contributed by atoms with Gasteiger partial charge in [-0.05, 0) is 89.1 Å². The summed E-state index contributed by atoms with van der Waals surface area (Å²) in [6.07, 6.45) is -9.14. The molecule has 2 atom stereocenters. The molecule has 0 saturated heterocycles. The van der Waals surface area contributed by atoms with Crippen molar-refractivity contribution in [1.82, 2.24) is 10.6 Å². The lowest BCUT2D eigenvalue weighted by molar-refractivity contribution is -0.210. The van der Waals surface area contributed by atoms with Crippen LogP contribution in [-0.2, 0) is 32.2 Å². The van der Waals surface area contributed by atoms with Crippen LogP contribution in [0.2, 0.25) is 0 Å². The first kappa shape index (κ1) is 39.5. The predicted molar refractivity (Wildman–Crippen MR) is 180 cm³/mol. The Kier molecular flexibility index (Phi) is 13.9. The van der Waals surface area contributed by atoms with E-state index in [1.54, 1.807) is 94.4 Å². The standard InChI is InChI=1S/C36H44F3N3O8/c1-8-46-30-19-26(14-17-29(30)47-22(2)3)31(48-28-15-12-24(13-16-28)20-41-34(45)50-35(5,6)7)32(49-33(44)36(37,38)39)40-21-25-10-9-11-27(18-25)42-23(4)43/h9-19,22,31-32,40H,8,20-21H2,1-7H3,(H,41,45)(H,42,43). The number of carbonyl (C=O) groups excluding carboxylic acids is 3. The quantitative estimate of drug-likeness (QED) is 0.111. The maximum absolute atomic E-state index is 13.6. The molecular formula is C36H44F3N3O8. The van der Waals surface area contributed by atoms with Gasteiger partial charge in [0.15, 0.2) is 23.8 Å². The minimum absolute atomic E-state index is 0.0782. The molecule has 11 nitrogen and oxygen atoms in total. The van der Waals surface area contributed by atoms with Crippen LogP contribution in [0.15, 0.2) is 66.7 Å². The number of nitrogens with one attached hydrogen (secondary N) is 3. The number of halogens is 3. The van der Waals surface area contributed by atoms with Gasteiger partial charge in [-0.25, -0.2) is 9.59 Å². The molecule has 14 heteroatoms. The summed E-state index contributed by atoms with van der Waals surface area (Å²) in [7, 11) is 0. The van der Waals surface area contributed by atoms with Gasteiger partial charge in [-0.3, -0.25) is 10.1 Å². The molecule has 0 heterocycles. The highest BCUT2D eigenvalue weighted by Crippen LogP contribution is 2.35. The van der Waals surface area contributed by atoms with E-state index in [4.69, 9.17) is 23.7 Å². The molecular weight excluding hydrogens is 659 g/mol. The summed E-state index contributed by atoms with van der Waals surface area (Å²) >= 11 is 0. The van der Waals surface area contributed by atoms with E-state index in [2.05, 4.69) is 16.0 Å². The Morgan fingerprint density at radius 3 is 2.14 bits per heavy atom. The molecule has 0 aliphatic heterocycles. The number of anilines is 1. The third kappa shape index (κ3) is 13.1. The normalized spacial score (nSPS) is 12.8. The Morgan fingerprint density at radius 1 is 0.840 bits per heavy atom. The highest BCUT2D eigenvalue weighted by molar-refractivity contribution is 5.88. The predicted octanol–water partition coefficient (Wildman–Crippen LogP) is 7.20. The van der Waals surface area contributed by atoms with Gasteiger partial charge in [0, 0.05) is 31.3 Å². The number of alkyl halides is 3. The second kappa shape index (κ2) is 17.6. The molecule has 0 aliphatic rings. The van der Waals surface area contributed by atoms with Crippen molar-refractivity contribution in [2.45, 2.75) is 91.8 Å². The van der Waals surface area contributed by atoms with Crippen LogP contribution in [0.4, 0.5) is 23.7 Å². The van der Waals surface area contributed by atoms with Gasteiger partial charge in [0.25, 0.3) is 0 Å². The molecule has 0 spiro atoms. The van der Waals surface area contributed by atoms with E-state index < -0.39 is 36.2 Å². The van der Waals surface area contributed by atoms with Crippen molar-refractivity contribution in [3.63, 3.8) is 0 Å². The molecule has 3 aromatic rings. The molecule has 2 amide bonds. The Morgan fingerprint density at radius 2 is 1.54 bits per heavy atom. The van der Waals surface area contributed by atoms with Gasteiger partial charge in [0.05, 0.1) is 12.7 Å². The molecule has 0 bridgehead atoms. The molecule has 3 aromatic carbocycles. The van der Waals surface area contributed by atoms with E-state index in [9.17, 15) is 27.6 Å². The van der Waals surface area contributed by atoms with E-state index in [1.165, 1.54) is 6.92 Å². The van der Waals surface area contributed by atoms with Crippen molar-refractivity contribution < 1.29 is 51.2 Å². The number of esters is 1. The molecule has 0 aliphatic carbocycles. The highest BCUT2D eigenvalue weighted by Gasteiger charge is 2.44. The van der Waals surface area contributed by atoms with Crippen LogP contribution in [-0.4, -0.2) is 48.7 Å². The van der Waals surface area contributed by atoms with Gasteiger partial charge in [-0.1, -0.05) is 30.3 Å². The number of amides is 2. The summed E-state index contributed by atoms with van der Waals surface area (Å²) in [4.78, 5) is 35.9. The SMILES string of the molecule is CCOc1cc(C(Oc2ccc(CNC(=O)OC(C)(C)C)cc2)C(NCc2cccc(NC(C)=O)c2)OC(=O)C(F)(F)F)ccc1OC(C)C. The zero-order chi connectivity index (χ0) is 37.1. The Balaban J connectivity index is 2.01. The molecule has 2 unspecified atom stereocenters. The third-order valence-corrected chi connectivity index (χ3v) is 6.48.